The Bertz CT molecular complexity index is 596. The zero-order valence-electron chi connectivity index (χ0n) is 11.0. The largest absolute Gasteiger partial charge is 0.545 e. The Morgan fingerprint density at radius 2 is 1.70 bits per heavy atom. The second kappa shape index (κ2) is 5.16. The van der Waals surface area contributed by atoms with E-state index < -0.39 is 17.9 Å². The van der Waals surface area contributed by atoms with Gasteiger partial charge in [-0.2, -0.15) is 0 Å². The van der Waals surface area contributed by atoms with Gasteiger partial charge < -0.3 is 25.1 Å². The molecule has 1 aliphatic rings. The third-order valence-corrected chi connectivity index (χ3v) is 3.22. The summed E-state index contributed by atoms with van der Waals surface area (Å²) in [7, 11) is 0. The zero-order chi connectivity index (χ0) is 14.9. The SMILES string of the molecule is CC1=C(C(=O)[O-])C(c2cccnc2)C(C(=O)[O-])=C(C)N1. The van der Waals surface area contributed by atoms with Crippen LogP contribution >= 0.6 is 0 Å². The molecule has 104 valence electrons. The van der Waals surface area contributed by atoms with Crippen molar-refractivity contribution in [1.29, 1.82) is 0 Å². The number of hydrogen-bond acceptors (Lipinski definition) is 6. The maximum absolute atomic E-state index is 11.4. The van der Waals surface area contributed by atoms with Crippen LogP contribution in [-0.4, -0.2) is 16.9 Å². The van der Waals surface area contributed by atoms with Crippen molar-refractivity contribution < 1.29 is 19.8 Å². The number of carboxylic acid groups (broad SMARTS) is 2. The van der Waals surface area contributed by atoms with Crippen LogP contribution in [-0.2, 0) is 9.59 Å². The molecule has 0 saturated carbocycles. The predicted octanol–water partition coefficient (Wildman–Crippen LogP) is -1.18. The van der Waals surface area contributed by atoms with Gasteiger partial charge in [0.2, 0.25) is 0 Å². The highest BCUT2D eigenvalue weighted by Gasteiger charge is 2.30. The fraction of sp³-hybridized carbons (Fsp3) is 0.214. The van der Waals surface area contributed by atoms with Crippen molar-refractivity contribution in [2.45, 2.75) is 19.8 Å². The van der Waals surface area contributed by atoms with Crippen LogP contribution in [0.15, 0.2) is 47.1 Å². The summed E-state index contributed by atoms with van der Waals surface area (Å²) in [4.78, 5) is 26.6. The Hall–Kier alpha value is -2.63. The van der Waals surface area contributed by atoms with E-state index in [1.165, 1.54) is 12.4 Å². The monoisotopic (exact) mass is 272 g/mol. The number of hydrogen-bond donors (Lipinski definition) is 1. The summed E-state index contributed by atoms with van der Waals surface area (Å²) in [6, 6.07) is 3.23. The molecule has 0 saturated heterocycles. The quantitative estimate of drug-likeness (QED) is 0.742. The zero-order valence-corrected chi connectivity index (χ0v) is 11.0. The number of nitrogens with one attached hydrogen (secondary N) is 1. The molecule has 0 aromatic carbocycles. The van der Waals surface area contributed by atoms with Crippen LogP contribution in [0, 0.1) is 0 Å². The first-order valence-corrected chi connectivity index (χ1v) is 5.94. The first-order chi connectivity index (χ1) is 9.43. The van der Waals surface area contributed by atoms with Gasteiger partial charge in [0.05, 0.1) is 11.9 Å². The van der Waals surface area contributed by atoms with Gasteiger partial charge in [-0.3, -0.25) is 4.98 Å². The third-order valence-electron chi connectivity index (χ3n) is 3.22. The van der Waals surface area contributed by atoms with Crippen LogP contribution in [0.4, 0.5) is 0 Å². The van der Waals surface area contributed by atoms with Crippen LogP contribution in [0.2, 0.25) is 0 Å². The Morgan fingerprint density at radius 3 is 2.10 bits per heavy atom. The lowest BCUT2D eigenvalue weighted by atomic mass is 9.81. The van der Waals surface area contributed by atoms with Gasteiger partial charge in [-0.25, -0.2) is 0 Å². The molecular weight excluding hydrogens is 260 g/mol. The minimum Gasteiger partial charge on any atom is -0.545 e. The van der Waals surface area contributed by atoms with Crippen molar-refractivity contribution in [3.8, 4) is 0 Å². The molecule has 1 aromatic heterocycles. The predicted molar refractivity (Wildman–Crippen MR) is 65.5 cm³/mol. The number of carboxylic acids is 2. The van der Waals surface area contributed by atoms with Gasteiger partial charge in [0, 0.05) is 40.9 Å². The van der Waals surface area contributed by atoms with Gasteiger partial charge in [-0.1, -0.05) is 6.07 Å². The van der Waals surface area contributed by atoms with Gasteiger partial charge in [0.25, 0.3) is 0 Å². The van der Waals surface area contributed by atoms with E-state index in [4.69, 9.17) is 0 Å². The molecule has 1 N–H and O–H groups in total. The van der Waals surface area contributed by atoms with Crippen LogP contribution < -0.4 is 15.5 Å². The number of carbonyl (C=O) groups excluding carboxylic acids is 2. The molecule has 0 spiro atoms. The average molecular weight is 272 g/mol. The van der Waals surface area contributed by atoms with E-state index in [0.717, 1.165) is 0 Å². The van der Waals surface area contributed by atoms with Crippen LogP contribution in [0.25, 0.3) is 0 Å². The molecule has 0 amide bonds. The number of carbonyl (C=O) groups is 2. The molecule has 6 heteroatoms. The number of dihydropyridines is 1. The van der Waals surface area contributed by atoms with E-state index in [1.807, 2.05) is 0 Å². The summed E-state index contributed by atoms with van der Waals surface area (Å²) in [6.45, 7) is 3.12. The molecule has 0 radical (unpaired) electrons. The number of aromatic nitrogens is 1. The summed E-state index contributed by atoms with van der Waals surface area (Å²) in [6.07, 6.45) is 2.96. The minimum absolute atomic E-state index is 0.122. The van der Waals surface area contributed by atoms with E-state index >= 15 is 0 Å². The Labute approximate surface area is 115 Å². The number of rotatable bonds is 3. The van der Waals surface area contributed by atoms with Crippen molar-refractivity contribution in [3.63, 3.8) is 0 Å². The normalized spacial score (nSPS) is 16.1. The van der Waals surface area contributed by atoms with Crippen LogP contribution in [0.1, 0.15) is 25.3 Å². The summed E-state index contributed by atoms with van der Waals surface area (Å²) in [5.41, 5.74) is 0.916. The molecular formula is C14H12N2O4-2. The molecule has 0 aliphatic carbocycles. The van der Waals surface area contributed by atoms with E-state index in [2.05, 4.69) is 10.3 Å². The van der Waals surface area contributed by atoms with Crippen molar-refractivity contribution >= 4 is 11.9 Å². The molecule has 0 fully saturated rings. The average Bonchev–Trinajstić information content (AvgIpc) is 2.37. The van der Waals surface area contributed by atoms with Crippen LogP contribution in [0.3, 0.4) is 0 Å². The van der Waals surface area contributed by atoms with Gasteiger partial charge >= 0.3 is 0 Å². The number of nitrogens with zero attached hydrogens (tertiary/aromatic N) is 1. The lowest BCUT2D eigenvalue weighted by Gasteiger charge is -2.33. The first-order valence-electron chi connectivity index (χ1n) is 5.94. The van der Waals surface area contributed by atoms with E-state index in [9.17, 15) is 19.8 Å². The molecule has 6 nitrogen and oxygen atoms in total. The van der Waals surface area contributed by atoms with Gasteiger partial charge in [0.15, 0.2) is 0 Å². The van der Waals surface area contributed by atoms with Gasteiger partial charge in [-0.15, -0.1) is 0 Å². The molecule has 20 heavy (non-hydrogen) atoms. The fourth-order valence-corrected chi connectivity index (χ4v) is 2.42. The highest BCUT2D eigenvalue weighted by molar-refractivity contribution is 5.96. The Kier molecular flexibility index (Phi) is 3.56. The second-order valence-electron chi connectivity index (χ2n) is 4.50. The van der Waals surface area contributed by atoms with Crippen LogP contribution in [0.5, 0.6) is 0 Å². The number of pyridine rings is 1. The molecule has 0 atom stereocenters. The highest BCUT2D eigenvalue weighted by Crippen LogP contribution is 2.36. The number of aliphatic carboxylic acids is 2. The maximum atomic E-state index is 11.4. The van der Waals surface area contributed by atoms with Crippen molar-refractivity contribution in [2.75, 3.05) is 0 Å². The standard InChI is InChI=1S/C14H14N2O4/c1-7-10(13(17)18)12(9-4-3-5-15-6-9)11(14(19)20)8(2)16-7/h3-6,12,16H,1-2H3,(H,17,18)(H,19,20)/p-2. The highest BCUT2D eigenvalue weighted by atomic mass is 16.4. The number of allylic oxidation sites excluding steroid dienone is 2. The van der Waals surface area contributed by atoms with Gasteiger partial charge in [-0.05, 0) is 25.5 Å². The van der Waals surface area contributed by atoms with E-state index in [-0.39, 0.29) is 11.1 Å². The smallest absolute Gasteiger partial charge is 0.0701 e. The third kappa shape index (κ3) is 2.27. The Morgan fingerprint density at radius 1 is 1.15 bits per heavy atom. The van der Waals surface area contributed by atoms with Gasteiger partial charge in [0.1, 0.15) is 0 Å². The van der Waals surface area contributed by atoms with E-state index in [0.29, 0.717) is 17.0 Å². The van der Waals surface area contributed by atoms with E-state index in [1.54, 1.807) is 26.0 Å². The first kappa shape index (κ1) is 13.8. The molecule has 2 rings (SSSR count). The lowest BCUT2D eigenvalue weighted by Crippen LogP contribution is -2.40. The Balaban J connectivity index is 2.67. The summed E-state index contributed by atoms with van der Waals surface area (Å²) in [5, 5.41) is 25.5. The summed E-state index contributed by atoms with van der Waals surface area (Å²) in [5.74, 6) is -3.80. The van der Waals surface area contributed by atoms with Crippen molar-refractivity contribution in [2.24, 2.45) is 0 Å². The summed E-state index contributed by atoms with van der Waals surface area (Å²) < 4.78 is 0. The molecule has 1 aromatic rings. The molecule has 2 heterocycles. The molecule has 0 bridgehead atoms. The minimum atomic E-state index is -1.42. The fourth-order valence-electron chi connectivity index (χ4n) is 2.42. The summed E-state index contributed by atoms with van der Waals surface area (Å²) >= 11 is 0. The molecule has 0 unspecified atom stereocenters. The maximum Gasteiger partial charge on any atom is 0.0701 e. The lowest BCUT2D eigenvalue weighted by molar-refractivity contribution is -0.300. The molecule has 1 aliphatic heterocycles. The topological polar surface area (TPSA) is 105 Å². The van der Waals surface area contributed by atoms with Crippen molar-refractivity contribution in [3.05, 3.63) is 52.6 Å². The second-order valence-corrected chi connectivity index (χ2v) is 4.50. The van der Waals surface area contributed by atoms with Crippen molar-refractivity contribution in [1.82, 2.24) is 10.3 Å².